The number of rotatable bonds is 5. The van der Waals surface area contributed by atoms with Gasteiger partial charge in [0, 0.05) is 23.9 Å². The number of nitrogens with one attached hydrogen (secondary N) is 3. The topological polar surface area (TPSA) is 113 Å². The molecule has 0 spiro atoms. The summed E-state index contributed by atoms with van der Waals surface area (Å²) in [5.41, 5.74) is 0.377. The average Bonchev–Trinajstić information content (AvgIpc) is 2.55. The van der Waals surface area contributed by atoms with Gasteiger partial charge in [-0.15, -0.1) is 0 Å². The van der Waals surface area contributed by atoms with Crippen molar-refractivity contribution in [3.63, 3.8) is 0 Å². The Labute approximate surface area is 140 Å². The van der Waals surface area contributed by atoms with E-state index in [0.29, 0.717) is 5.69 Å². The molecule has 1 fully saturated rings. The highest BCUT2D eigenvalue weighted by molar-refractivity contribution is 5.98. The first kappa shape index (κ1) is 17.7. The Morgan fingerprint density at radius 2 is 1.96 bits per heavy atom. The molecule has 1 aliphatic rings. The zero-order valence-electron chi connectivity index (χ0n) is 13.6. The number of anilines is 1. The summed E-state index contributed by atoms with van der Waals surface area (Å²) >= 11 is 0. The summed E-state index contributed by atoms with van der Waals surface area (Å²) in [5.74, 6) is -0.491. The van der Waals surface area contributed by atoms with Gasteiger partial charge in [0.25, 0.3) is 5.69 Å². The maximum Gasteiger partial charge on any atom is 0.321 e. The fourth-order valence-corrected chi connectivity index (χ4v) is 2.71. The minimum atomic E-state index is -0.705. The number of nitrogens with zero attached hydrogens (tertiary/aromatic N) is 1. The maximum absolute atomic E-state index is 12.0. The molecule has 1 aliphatic carbocycles. The van der Waals surface area contributed by atoms with Crippen LogP contribution in [0.1, 0.15) is 39.0 Å². The van der Waals surface area contributed by atoms with Gasteiger partial charge in [-0.1, -0.05) is 25.3 Å². The van der Waals surface area contributed by atoms with Crippen molar-refractivity contribution >= 4 is 23.3 Å². The normalized spacial score (nSPS) is 16.0. The van der Waals surface area contributed by atoms with Crippen molar-refractivity contribution in [2.24, 2.45) is 0 Å². The lowest BCUT2D eigenvalue weighted by Gasteiger charge is -2.23. The van der Waals surface area contributed by atoms with Crippen molar-refractivity contribution in [2.45, 2.75) is 51.1 Å². The molecule has 0 aromatic heterocycles. The second kappa shape index (κ2) is 8.28. The van der Waals surface area contributed by atoms with Crippen molar-refractivity contribution in [1.29, 1.82) is 0 Å². The van der Waals surface area contributed by atoms with E-state index in [1.165, 1.54) is 24.6 Å². The third-order valence-electron chi connectivity index (χ3n) is 4.01. The molecule has 24 heavy (non-hydrogen) atoms. The lowest BCUT2D eigenvalue weighted by Crippen LogP contribution is -2.49. The van der Waals surface area contributed by atoms with Gasteiger partial charge in [0.05, 0.1) is 4.92 Å². The second-order valence-corrected chi connectivity index (χ2v) is 5.97. The number of carbonyl (C=O) groups excluding carboxylic acids is 2. The van der Waals surface area contributed by atoms with Gasteiger partial charge >= 0.3 is 6.03 Å². The summed E-state index contributed by atoms with van der Waals surface area (Å²) < 4.78 is 0. The molecule has 3 amide bonds. The van der Waals surface area contributed by atoms with E-state index in [-0.39, 0.29) is 11.7 Å². The second-order valence-electron chi connectivity index (χ2n) is 5.97. The Kier molecular flexibility index (Phi) is 6.11. The molecule has 3 N–H and O–H groups in total. The largest absolute Gasteiger partial charge is 0.374 e. The zero-order chi connectivity index (χ0) is 17.5. The first-order valence-corrected chi connectivity index (χ1v) is 8.08. The molecule has 8 heteroatoms. The van der Waals surface area contributed by atoms with Gasteiger partial charge in [-0.2, -0.15) is 0 Å². The number of hydrogen-bond acceptors (Lipinski definition) is 5. The minimum absolute atomic E-state index is 0.0670. The summed E-state index contributed by atoms with van der Waals surface area (Å²) in [7, 11) is 0. The molecule has 130 valence electrons. The first-order chi connectivity index (χ1) is 11.5. The fraction of sp³-hybridized carbons (Fsp3) is 0.500. The van der Waals surface area contributed by atoms with Crippen molar-refractivity contribution in [1.82, 2.24) is 10.6 Å². The van der Waals surface area contributed by atoms with Gasteiger partial charge in [-0.3, -0.25) is 20.2 Å². The molecule has 0 saturated heterocycles. The number of nitro benzene ring substituents is 1. The monoisotopic (exact) mass is 334 g/mol. The van der Waals surface area contributed by atoms with E-state index in [9.17, 15) is 19.7 Å². The van der Waals surface area contributed by atoms with Gasteiger partial charge in [0.2, 0.25) is 5.91 Å². The van der Waals surface area contributed by atoms with Crippen LogP contribution in [0.5, 0.6) is 0 Å². The lowest BCUT2D eigenvalue weighted by atomic mass is 9.96. The number of non-ortho nitro benzene ring substituents is 1. The van der Waals surface area contributed by atoms with Crippen molar-refractivity contribution in [2.75, 3.05) is 5.32 Å². The molecule has 0 unspecified atom stereocenters. The van der Waals surface area contributed by atoms with E-state index in [1.54, 1.807) is 13.0 Å². The van der Waals surface area contributed by atoms with Gasteiger partial charge in [-0.05, 0) is 25.8 Å². The highest BCUT2D eigenvalue weighted by atomic mass is 16.6. The van der Waals surface area contributed by atoms with E-state index in [1.807, 2.05) is 0 Å². The van der Waals surface area contributed by atoms with Crippen molar-refractivity contribution in [3.8, 4) is 0 Å². The van der Waals surface area contributed by atoms with Gasteiger partial charge < -0.3 is 10.6 Å². The van der Waals surface area contributed by atoms with E-state index >= 15 is 0 Å². The van der Waals surface area contributed by atoms with Crippen LogP contribution < -0.4 is 16.0 Å². The number of amides is 3. The number of hydrogen-bond donors (Lipinski definition) is 3. The van der Waals surface area contributed by atoms with Crippen LogP contribution in [0.4, 0.5) is 16.2 Å². The number of imide groups is 1. The highest BCUT2D eigenvalue weighted by Crippen LogP contribution is 2.18. The molecule has 1 atom stereocenters. The van der Waals surface area contributed by atoms with Crippen LogP contribution in [-0.2, 0) is 4.79 Å². The minimum Gasteiger partial charge on any atom is -0.374 e. The van der Waals surface area contributed by atoms with Crippen LogP contribution in [-0.4, -0.2) is 28.9 Å². The van der Waals surface area contributed by atoms with Crippen molar-refractivity contribution in [3.05, 3.63) is 34.4 Å². The summed E-state index contributed by atoms with van der Waals surface area (Å²) in [6.07, 6.45) is 5.22. The van der Waals surface area contributed by atoms with Crippen LogP contribution in [0.25, 0.3) is 0 Å². The molecule has 0 radical (unpaired) electrons. The summed E-state index contributed by atoms with van der Waals surface area (Å²) in [6.45, 7) is 1.59. The van der Waals surface area contributed by atoms with Gasteiger partial charge in [-0.25, -0.2) is 4.79 Å². The molecule has 0 aliphatic heterocycles. The molecule has 8 nitrogen and oxygen atoms in total. The number of benzene rings is 1. The summed E-state index contributed by atoms with van der Waals surface area (Å²) in [5, 5.41) is 18.7. The van der Waals surface area contributed by atoms with Gasteiger partial charge in [0.1, 0.15) is 6.04 Å². The van der Waals surface area contributed by atoms with Crippen molar-refractivity contribution < 1.29 is 14.5 Å². The van der Waals surface area contributed by atoms with E-state index in [0.717, 1.165) is 25.7 Å². The number of carbonyl (C=O) groups is 2. The maximum atomic E-state index is 12.0. The Morgan fingerprint density at radius 3 is 2.62 bits per heavy atom. The third-order valence-corrected chi connectivity index (χ3v) is 4.01. The van der Waals surface area contributed by atoms with Crippen LogP contribution >= 0.6 is 0 Å². The Balaban J connectivity index is 1.84. The Morgan fingerprint density at radius 1 is 1.25 bits per heavy atom. The molecule has 0 bridgehead atoms. The molecule has 1 saturated carbocycles. The SMILES string of the molecule is C[C@H](Nc1cccc([N+](=O)[O-])c1)C(=O)NC(=O)NC1CCCCC1. The number of urea groups is 1. The quantitative estimate of drug-likeness (QED) is 0.565. The smallest absolute Gasteiger partial charge is 0.321 e. The lowest BCUT2D eigenvalue weighted by molar-refractivity contribution is -0.384. The highest BCUT2D eigenvalue weighted by Gasteiger charge is 2.20. The van der Waals surface area contributed by atoms with Crippen LogP contribution in [0, 0.1) is 10.1 Å². The Bertz CT molecular complexity index is 614. The zero-order valence-corrected chi connectivity index (χ0v) is 13.6. The van der Waals surface area contributed by atoms with E-state index < -0.39 is 22.9 Å². The number of nitro groups is 1. The molecule has 2 rings (SSSR count). The molecule has 1 aromatic carbocycles. The van der Waals surface area contributed by atoms with Gasteiger partial charge in [0.15, 0.2) is 0 Å². The van der Waals surface area contributed by atoms with E-state index in [4.69, 9.17) is 0 Å². The molecular formula is C16H22N4O4. The van der Waals surface area contributed by atoms with Crippen LogP contribution in [0.2, 0.25) is 0 Å². The van der Waals surface area contributed by atoms with Crippen LogP contribution in [0.3, 0.4) is 0 Å². The van der Waals surface area contributed by atoms with E-state index in [2.05, 4.69) is 16.0 Å². The molecule has 0 heterocycles. The predicted octanol–water partition coefficient (Wildman–Crippen LogP) is 2.55. The predicted molar refractivity (Wildman–Crippen MR) is 89.7 cm³/mol. The summed E-state index contributed by atoms with van der Waals surface area (Å²) in [4.78, 5) is 34.2. The third kappa shape index (κ3) is 5.22. The summed E-state index contributed by atoms with van der Waals surface area (Å²) in [6, 6.07) is 4.77. The Hall–Kier alpha value is -2.64. The van der Waals surface area contributed by atoms with Crippen LogP contribution in [0.15, 0.2) is 24.3 Å². The molecule has 1 aromatic rings. The average molecular weight is 334 g/mol. The fourth-order valence-electron chi connectivity index (χ4n) is 2.71. The first-order valence-electron chi connectivity index (χ1n) is 8.08. The standard InChI is InChI=1S/C16H22N4O4/c1-11(17-13-8-5-9-14(10-13)20(23)24)15(21)19-16(22)18-12-6-3-2-4-7-12/h5,8-12,17H,2-4,6-7H2,1H3,(H2,18,19,21,22)/t11-/m0/s1. The molecular weight excluding hydrogens is 312 g/mol.